The van der Waals surface area contributed by atoms with Crippen LogP contribution in [0.4, 0.5) is 11.6 Å². The Bertz CT molecular complexity index is 356. The van der Waals surface area contributed by atoms with Crippen molar-refractivity contribution in [2.24, 2.45) is 11.1 Å². The number of hydrogen-bond acceptors (Lipinski definition) is 5. The van der Waals surface area contributed by atoms with E-state index in [4.69, 9.17) is 5.73 Å². The van der Waals surface area contributed by atoms with E-state index in [1.165, 1.54) is 0 Å². The predicted octanol–water partition coefficient (Wildman–Crippen LogP) is 1.61. The van der Waals surface area contributed by atoms with E-state index in [-0.39, 0.29) is 5.41 Å². The quantitative estimate of drug-likeness (QED) is 0.725. The van der Waals surface area contributed by atoms with Crippen molar-refractivity contribution in [3.63, 3.8) is 0 Å². The highest BCUT2D eigenvalue weighted by molar-refractivity contribution is 5.47. The molecule has 0 radical (unpaired) electrons. The SMILES string of the molecule is Cc1nc(NCCN)cc(NCC(C)(C)C)n1. The van der Waals surface area contributed by atoms with Crippen LogP contribution in [0.3, 0.4) is 0 Å². The van der Waals surface area contributed by atoms with Crippen molar-refractivity contribution < 1.29 is 0 Å². The van der Waals surface area contributed by atoms with E-state index in [2.05, 4.69) is 41.4 Å². The standard InChI is InChI=1S/C12H23N5/c1-9-16-10(14-6-5-13)7-11(17-9)15-8-12(2,3)4/h7H,5-6,8,13H2,1-4H3,(H2,14,15,16,17). The molecule has 0 bridgehead atoms. The van der Waals surface area contributed by atoms with Gasteiger partial charge in [-0.05, 0) is 12.3 Å². The van der Waals surface area contributed by atoms with Crippen LogP contribution in [0.1, 0.15) is 26.6 Å². The molecular weight excluding hydrogens is 214 g/mol. The first-order chi connectivity index (χ1) is 7.90. The summed E-state index contributed by atoms with van der Waals surface area (Å²) in [4.78, 5) is 8.65. The molecule has 96 valence electrons. The molecule has 5 heteroatoms. The molecular formula is C12H23N5. The second-order valence-electron chi connectivity index (χ2n) is 5.32. The second-order valence-corrected chi connectivity index (χ2v) is 5.32. The summed E-state index contributed by atoms with van der Waals surface area (Å²) in [6.45, 7) is 10.6. The molecule has 17 heavy (non-hydrogen) atoms. The fraction of sp³-hybridized carbons (Fsp3) is 0.667. The lowest BCUT2D eigenvalue weighted by atomic mass is 9.97. The molecule has 1 rings (SSSR count). The summed E-state index contributed by atoms with van der Waals surface area (Å²) in [6.07, 6.45) is 0. The smallest absolute Gasteiger partial charge is 0.131 e. The normalized spacial score (nSPS) is 11.4. The Hall–Kier alpha value is -1.36. The van der Waals surface area contributed by atoms with Gasteiger partial charge in [0.1, 0.15) is 17.5 Å². The van der Waals surface area contributed by atoms with Gasteiger partial charge in [0.15, 0.2) is 0 Å². The number of nitrogens with zero attached hydrogens (tertiary/aromatic N) is 2. The van der Waals surface area contributed by atoms with Crippen LogP contribution in [0.15, 0.2) is 6.07 Å². The van der Waals surface area contributed by atoms with Crippen LogP contribution in [-0.4, -0.2) is 29.6 Å². The van der Waals surface area contributed by atoms with Crippen molar-refractivity contribution >= 4 is 11.6 Å². The van der Waals surface area contributed by atoms with Crippen LogP contribution in [-0.2, 0) is 0 Å². The first-order valence-corrected chi connectivity index (χ1v) is 5.94. The molecule has 0 aromatic carbocycles. The summed E-state index contributed by atoms with van der Waals surface area (Å²) >= 11 is 0. The molecule has 5 nitrogen and oxygen atoms in total. The molecule has 4 N–H and O–H groups in total. The topological polar surface area (TPSA) is 75.9 Å². The molecule has 0 unspecified atom stereocenters. The number of hydrogen-bond donors (Lipinski definition) is 3. The van der Waals surface area contributed by atoms with Gasteiger partial charge in [-0.3, -0.25) is 0 Å². The molecule has 0 aliphatic carbocycles. The molecule has 0 aliphatic heterocycles. The molecule has 1 aromatic heterocycles. The number of aryl methyl sites for hydroxylation is 1. The zero-order valence-electron chi connectivity index (χ0n) is 11.2. The van der Waals surface area contributed by atoms with Gasteiger partial charge in [0, 0.05) is 25.7 Å². The van der Waals surface area contributed by atoms with Crippen LogP contribution in [0, 0.1) is 12.3 Å². The largest absolute Gasteiger partial charge is 0.369 e. The summed E-state index contributed by atoms with van der Waals surface area (Å²) in [5.41, 5.74) is 5.67. The fourth-order valence-electron chi connectivity index (χ4n) is 1.30. The number of rotatable bonds is 5. The monoisotopic (exact) mass is 237 g/mol. The maximum Gasteiger partial charge on any atom is 0.131 e. The minimum Gasteiger partial charge on any atom is -0.369 e. The molecule has 1 aromatic rings. The minimum atomic E-state index is 0.226. The van der Waals surface area contributed by atoms with E-state index in [0.717, 1.165) is 30.5 Å². The van der Waals surface area contributed by atoms with Gasteiger partial charge in [0.25, 0.3) is 0 Å². The second kappa shape index (κ2) is 5.82. The maximum absolute atomic E-state index is 5.45. The summed E-state index contributed by atoms with van der Waals surface area (Å²) in [5, 5.41) is 6.48. The van der Waals surface area contributed by atoms with Crippen molar-refractivity contribution in [1.29, 1.82) is 0 Å². The van der Waals surface area contributed by atoms with Crippen LogP contribution >= 0.6 is 0 Å². The first kappa shape index (κ1) is 13.7. The number of nitrogens with one attached hydrogen (secondary N) is 2. The third-order valence-electron chi connectivity index (χ3n) is 2.09. The van der Waals surface area contributed by atoms with Crippen LogP contribution in [0.25, 0.3) is 0 Å². The van der Waals surface area contributed by atoms with Gasteiger partial charge < -0.3 is 16.4 Å². The van der Waals surface area contributed by atoms with Crippen LogP contribution < -0.4 is 16.4 Å². The summed E-state index contributed by atoms with van der Waals surface area (Å²) in [5.74, 6) is 2.43. The molecule has 0 spiro atoms. The summed E-state index contributed by atoms with van der Waals surface area (Å²) in [6, 6.07) is 1.91. The third kappa shape index (κ3) is 5.49. The Labute approximate surface area is 103 Å². The molecule has 0 atom stereocenters. The molecule has 0 fully saturated rings. The van der Waals surface area contributed by atoms with E-state index >= 15 is 0 Å². The van der Waals surface area contributed by atoms with Gasteiger partial charge in [-0.15, -0.1) is 0 Å². The van der Waals surface area contributed by atoms with E-state index in [1.54, 1.807) is 0 Å². The third-order valence-corrected chi connectivity index (χ3v) is 2.09. The van der Waals surface area contributed by atoms with Gasteiger partial charge in [0.05, 0.1) is 0 Å². The predicted molar refractivity (Wildman–Crippen MR) is 72.3 cm³/mol. The highest BCUT2D eigenvalue weighted by atomic mass is 15.1. The Balaban J connectivity index is 2.68. The van der Waals surface area contributed by atoms with E-state index in [0.29, 0.717) is 6.54 Å². The van der Waals surface area contributed by atoms with Gasteiger partial charge in [-0.1, -0.05) is 20.8 Å². The van der Waals surface area contributed by atoms with E-state index in [1.807, 2.05) is 13.0 Å². The highest BCUT2D eigenvalue weighted by Gasteiger charge is 2.10. The molecule has 0 amide bonds. The Morgan fingerprint density at radius 2 is 1.76 bits per heavy atom. The fourth-order valence-corrected chi connectivity index (χ4v) is 1.30. The zero-order valence-corrected chi connectivity index (χ0v) is 11.2. The van der Waals surface area contributed by atoms with Crippen molar-refractivity contribution in [3.8, 4) is 0 Å². The lowest BCUT2D eigenvalue weighted by Gasteiger charge is -2.19. The molecule has 0 saturated heterocycles. The van der Waals surface area contributed by atoms with Crippen molar-refractivity contribution in [2.45, 2.75) is 27.7 Å². The molecule has 0 aliphatic rings. The Morgan fingerprint density at radius 3 is 2.29 bits per heavy atom. The van der Waals surface area contributed by atoms with Crippen molar-refractivity contribution in [2.75, 3.05) is 30.3 Å². The average molecular weight is 237 g/mol. The maximum atomic E-state index is 5.45. The lowest BCUT2D eigenvalue weighted by Crippen LogP contribution is -2.20. The average Bonchev–Trinajstić information content (AvgIpc) is 2.22. The molecule has 1 heterocycles. The number of aromatic nitrogens is 2. The van der Waals surface area contributed by atoms with Gasteiger partial charge in [-0.2, -0.15) is 0 Å². The minimum absolute atomic E-state index is 0.226. The van der Waals surface area contributed by atoms with Gasteiger partial charge >= 0.3 is 0 Å². The van der Waals surface area contributed by atoms with Crippen LogP contribution in [0.5, 0.6) is 0 Å². The number of nitrogens with two attached hydrogens (primary N) is 1. The van der Waals surface area contributed by atoms with E-state index < -0.39 is 0 Å². The summed E-state index contributed by atoms with van der Waals surface area (Å²) < 4.78 is 0. The zero-order chi connectivity index (χ0) is 12.9. The van der Waals surface area contributed by atoms with Gasteiger partial charge in [-0.25, -0.2) is 9.97 Å². The van der Waals surface area contributed by atoms with Crippen molar-refractivity contribution in [1.82, 2.24) is 9.97 Å². The Kier molecular flexibility index (Phi) is 4.69. The summed E-state index contributed by atoms with van der Waals surface area (Å²) in [7, 11) is 0. The first-order valence-electron chi connectivity index (χ1n) is 5.94. The van der Waals surface area contributed by atoms with Crippen LogP contribution in [0.2, 0.25) is 0 Å². The highest BCUT2D eigenvalue weighted by Crippen LogP contribution is 2.16. The Morgan fingerprint density at radius 1 is 1.18 bits per heavy atom. The molecule has 0 saturated carbocycles. The number of anilines is 2. The lowest BCUT2D eigenvalue weighted by molar-refractivity contribution is 0.442. The van der Waals surface area contributed by atoms with Gasteiger partial charge in [0.2, 0.25) is 0 Å². The van der Waals surface area contributed by atoms with Crippen molar-refractivity contribution in [3.05, 3.63) is 11.9 Å². The van der Waals surface area contributed by atoms with E-state index in [9.17, 15) is 0 Å².